The molecule has 4 heteroatoms. The summed E-state index contributed by atoms with van der Waals surface area (Å²) in [6, 6.07) is 2.11. The van der Waals surface area contributed by atoms with E-state index >= 15 is 0 Å². The number of hydrogen-bond acceptors (Lipinski definition) is 3. The molecule has 0 spiro atoms. The van der Waals surface area contributed by atoms with Crippen molar-refractivity contribution in [2.75, 3.05) is 13.1 Å². The molecule has 0 radical (unpaired) electrons. The Balaban J connectivity index is 2.19. The van der Waals surface area contributed by atoms with Crippen LogP contribution in [0.1, 0.15) is 52.4 Å². The Hall–Kier alpha value is -1.68. The molecular weight excluding hydrogens is 276 g/mol. The maximum Gasteiger partial charge on any atom is 0.220 e. The van der Waals surface area contributed by atoms with E-state index in [9.17, 15) is 9.59 Å². The molecule has 1 aliphatic rings. The van der Waals surface area contributed by atoms with E-state index in [0.29, 0.717) is 0 Å². The van der Waals surface area contributed by atoms with Crippen molar-refractivity contribution in [3.05, 3.63) is 33.9 Å². The van der Waals surface area contributed by atoms with E-state index in [1.54, 1.807) is 6.92 Å². The molecule has 22 heavy (non-hydrogen) atoms. The Morgan fingerprint density at radius 1 is 1.18 bits per heavy atom. The lowest BCUT2D eigenvalue weighted by Crippen LogP contribution is -2.38. The van der Waals surface area contributed by atoms with Crippen molar-refractivity contribution in [3.63, 3.8) is 0 Å². The minimum Gasteiger partial charge on any atom is -0.369 e. The van der Waals surface area contributed by atoms with Gasteiger partial charge in [-0.2, -0.15) is 0 Å². The highest BCUT2D eigenvalue weighted by atomic mass is 16.1. The molecule has 2 N–H and O–H groups in total. The molecule has 1 fully saturated rings. The van der Waals surface area contributed by atoms with E-state index in [2.05, 4.69) is 17.9 Å². The van der Waals surface area contributed by atoms with Crippen molar-refractivity contribution >= 4 is 11.7 Å². The van der Waals surface area contributed by atoms with Crippen LogP contribution in [0.4, 0.5) is 0 Å². The molecule has 4 nitrogen and oxygen atoms in total. The maximum absolute atomic E-state index is 11.9. The van der Waals surface area contributed by atoms with Gasteiger partial charge in [0.25, 0.3) is 0 Å². The van der Waals surface area contributed by atoms with Gasteiger partial charge in [-0.3, -0.25) is 14.5 Å². The zero-order valence-electron chi connectivity index (χ0n) is 14.0. The number of benzene rings is 1. The molecular formula is C18H26N2O2. The fourth-order valence-corrected chi connectivity index (χ4v) is 3.61. The number of primary amides is 1. The van der Waals surface area contributed by atoms with Gasteiger partial charge in [0, 0.05) is 18.0 Å². The van der Waals surface area contributed by atoms with Crippen molar-refractivity contribution in [2.45, 2.75) is 47.1 Å². The molecule has 1 aliphatic heterocycles. The number of rotatable bonds is 4. The Kier molecular flexibility index (Phi) is 5.01. The van der Waals surface area contributed by atoms with E-state index in [-0.39, 0.29) is 17.6 Å². The number of carbonyl (C=O) groups excluding carboxylic acids is 2. The molecule has 1 aromatic rings. The van der Waals surface area contributed by atoms with Gasteiger partial charge in [0.15, 0.2) is 5.78 Å². The van der Waals surface area contributed by atoms with Crippen molar-refractivity contribution in [1.82, 2.24) is 4.90 Å². The number of nitrogens with two attached hydrogens (primary N) is 1. The highest BCUT2D eigenvalue weighted by molar-refractivity contribution is 5.97. The predicted octanol–water partition coefficient (Wildman–Crippen LogP) is 2.51. The van der Waals surface area contributed by atoms with Crippen molar-refractivity contribution in [1.29, 1.82) is 0 Å². The average molecular weight is 302 g/mol. The molecule has 2 rings (SSSR count). The van der Waals surface area contributed by atoms with Gasteiger partial charge in [0.05, 0.1) is 0 Å². The summed E-state index contributed by atoms with van der Waals surface area (Å²) in [5.74, 6) is -0.0332. The number of hydrogen-bond donors (Lipinski definition) is 1. The molecule has 0 atom stereocenters. The summed E-state index contributed by atoms with van der Waals surface area (Å²) >= 11 is 0. The van der Waals surface area contributed by atoms with Crippen LogP contribution in [0.25, 0.3) is 0 Å². The molecule has 0 aliphatic carbocycles. The van der Waals surface area contributed by atoms with E-state index in [0.717, 1.165) is 49.2 Å². The van der Waals surface area contributed by atoms with Crippen LogP contribution in [0.15, 0.2) is 6.07 Å². The SMILES string of the molecule is CC(=O)c1c(C)cc(C)c(CN2CCC(C(N)=O)CC2)c1C. The number of Topliss-reactive ketones (excluding diaryl/α,β-unsaturated/α-hetero) is 1. The van der Waals surface area contributed by atoms with Crippen molar-refractivity contribution in [3.8, 4) is 0 Å². The van der Waals surface area contributed by atoms with Gasteiger partial charge in [-0.25, -0.2) is 0 Å². The van der Waals surface area contributed by atoms with Gasteiger partial charge < -0.3 is 5.73 Å². The maximum atomic E-state index is 11.9. The molecule has 0 aromatic heterocycles. The highest BCUT2D eigenvalue weighted by Crippen LogP contribution is 2.26. The second kappa shape index (κ2) is 6.61. The first-order chi connectivity index (χ1) is 10.3. The van der Waals surface area contributed by atoms with Crippen molar-refractivity contribution < 1.29 is 9.59 Å². The summed E-state index contributed by atoms with van der Waals surface area (Å²) in [5, 5.41) is 0. The average Bonchev–Trinajstić information content (AvgIpc) is 2.43. The van der Waals surface area contributed by atoms with Gasteiger partial charge in [-0.1, -0.05) is 6.07 Å². The number of piperidine rings is 1. The Labute approximate surface area is 132 Å². The number of carbonyl (C=O) groups is 2. The number of nitrogens with zero attached hydrogens (tertiary/aromatic N) is 1. The van der Waals surface area contributed by atoms with Crippen LogP contribution in [-0.2, 0) is 11.3 Å². The topological polar surface area (TPSA) is 63.4 Å². The molecule has 120 valence electrons. The van der Waals surface area contributed by atoms with E-state index < -0.39 is 0 Å². The second-order valence-electron chi connectivity index (χ2n) is 6.50. The lowest BCUT2D eigenvalue weighted by molar-refractivity contribution is -0.123. The van der Waals surface area contributed by atoms with Crippen LogP contribution in [0, 0.1) is 26.7 Å². The van der Waals surface area contributed by atoms with E-state index in [1.165, 1.54) is 11.1 Å². The van der Waals surface area contributed by atoms with Crippen LogP contribution in [-0.4, -0.2) is 29.7 Å². The van der Waals surface area contributed by atoms with Gasteiger partial charge in [0.1, 0.15) is 0 Å². The van der Waals surface area contributed by atoms with Crippen LogP contribution >= 0.6 is 0 Å². The van der Waals surface area contributed by atoms with Gasteiger partial charge in [-0.15, -0.1) is 0 Å². The standard InChI is InChI=1S/C18H26N2O2/c1-11-9-12(2)17(14(4)21)13(3)16(11)10-20-7-5-15(6-8-20)18(19)22/h9,15H,5-8,10H2,1-4H3,(H2,19,22). The second-order valence-corrected chi connectivity index (χ2v) is 6.50. The molecule has 0 saturated carbocycles. The smallest absolute Gasteiger partial charge is 0.220 e. The minimum absolute atomic E-state index is 0.0178. The third-order valence-corrected chi connectivity index (χ3v) is 4.85. The molecule has 0 unspecified atom stereocenters. The molecule has 1 amide bonds. The molecule has 1 heterocycles. The van der Waals surface area contributed by atoms with Crippen molar-refractivity contribution in [2.24, 2.45) is 11.7 Å². The number of likely N-dealkylation sites (tertiary alicyclic amines) is 1. The fraction of sp³-hybridized carbons (Fsp3) is 0.556. The molecule has 1 aromatic carbocycles. The highest BCUT2D eigenvalue weighted by Gasteiger charge is 2.24. The first-order valence-corrected chi connectivity index (χ1v) is 7.93. The van der Waals surface area contributed by atoms with E-state index in [4.69, 9.17) is 5.73 Å². The summed E-state index contributed by atoms with van der Waals surface area (Å²) in [7, 11) is 0. The largest absolute Gasteiger partial charge is 0.369 e. The summed E-state index contributed by atoms with van der Waals surface area (Å²) in [5.41, 5.74) is 10.9. The number of ketones is 1. The van der Waals surface area contributed by atoms with Crippen LogP contribution in [0.5, 0.6) is 0 Å². The van der Waals surface area contributed by atoms with E-state index in [1.807, 2.05) is 13.8 Å². The number of aryl methyl sites for hydroxylation is 2. The van der Waals surface area contributed by atoms with Crippen LogP contribution in [0.3, 0.4) is 0 Å². The molecule has 0 bridgehead atoms. The van der Waals surface area contributed by atoms with Gasteiger partial charge >= 0.3 is 0 Å². The third kappa shape index (κ3) is 3.38. The lowest BCUT2D eigenvalue weighted by Gasteiger charge is -2.31. The summed E-state index contributed by atoms with van der Waals surface area (Å²) in [4.78, 5) is 25.5. The summed E-state index contributed by atoms with van der Waals surface area (Å²) in [6.45, 7) is 10.4. The summed E-state index contributed by atoms with van der Waals surface area (Å²) in [6.07, 6.45) is 1.66. The number of amides is 1. The minimum atomic E-state index is -0.179. The lowest BCUT2D eigenvalue weighted by atomic mass is 9.90. The Morgan fingerprint density at radius 2 is 1.77 bits per heavy atom. The normalized spacial score (nSPS) is 16.7. The van der Waals surface area contributed by atoms with Crippen LogP contribution in [0.2, 0.25) is 0 Å². The monoisotopic (exact) mass is 302 g/mol. The van der Waals surface area contributed by atoms with Crippen LogP contribution < -0.4 is 5.73 Å². The quantitative estimate of drug-likeness (QED) is 0.869. The Bertz CT molecular complexity index is 600. The first-order valence-electron chi connectivity index (χ1n) is 7.93. The predicted molar refractivity (Wildman–Crippen MR) is 87.9 cm³/mol. The molecule has 1 saturated heterocycles. The summed E-state index contributed by atoms with van der Waals surface area (Å²) < 4.78 is 0. The van der Waals surface area contributed by atoms with Gasteiger partial charge in [-0.05, 0) is 75.9 Å². The zero-order chi connectivity index (χ0) is 16.4. The fourth-order valence-electron chi connectivity index (χ4n) is 3.61. The zero-order valence-corrected chi connectivity index (χ0v) is 14.0. The third-order valence-electron chi connectivity index (χ3n) is 4.85. The van der Waals surface area contributed by atoms with Gasteiger partial charge in [0.2, 0.25) is 5.91 Å². The first kappa shape index (κ1) is 16.7. The Morgan fingerprint density at radius 3 is 2.27 bits per heavy atom.